The van der Waals surface area contributed by atoms with Crippen LogP contribution in [0.25, 0.3) is 0 Å². The maximum absolute atomic E-state index is 5.94. The van der Waals surface area contributed by atoms with Crippen LogP contribution in [0.3, 0.4) is 0 Å². The van der Waals surface area contributed by atoms with Crippen molar-refractivity contribution in [3.8, 4) is 0 Å². The molecule has 0 spiro atoms. The van der Waals surface area contributed by atoms with Crippen molar-refractivity contribution < 1.29 is 0 Å². The largest absolute Gasteiger partial charge is 0.309 e. The van der Waals surface area contributed by atoms with Gasteiger partial charge in [-0.25, -0.2) is 0 Å². The highest BCUT2D eigenvalue weighted by atomic mass is 35.5. The molecule has 3 nitrogen and oxygen atoms in total. The normalized spacial score (nSPS) is 17.9. The van der Waals surface area contributed by atoms with E-state index < -0.39 is 0 Å². The molecule has 96 valence electrons. The average Bonchev–Trinajstić information content (AvgIpc) is 2.85. The first-order valence-corrected chi connectivity index (χ1v) is 7.05. The van der Waals surface area contributed by atoms with E-state index in [4.69, 9.17) is 11.6 Å². The minimum atomic E-state index is 0.0155. The number of nitrogens with zero attached hydrogens (tertiary/aromatic N) is 3. The Labute approximate surface area is 109 Å². The van der Waals surface area contributed by atoms with Crippen molar-refractivity contribution in [3.63, 3.8) is 0 Å². The monoisotopic (exact) mass is 255 g/mol. The predicted molar refractivity (Wildman–Crippen MR) is 70.2 cm³/mol. The fourth-order valence-electron chi connectivity index (χ4n) is 2.82. The summed E-state index contributed by atoms with van der Waals surface area (Å²) in [5.74, 6) is 3.24. The molecular formula is C13H22ClN3. The van der Waals surface area contributed by atoms with Crippen molar-refractivity contribution in [1.82, 2.24) is 14.8 Å². The first-order valence-electron chi connectivity index (χ1n) is 6.52. The van der Waals surface area contributed by atoms with Gasteiger partial charge in [0.2, 0.25) is 0 Å². The Morgan fingerprint density at radius 2 is 1.76 bits per heavy atom. The van der Waals surface area contributed by atoms with Gasteiger partial charge in [0.05, 0.1) is 5.88 Å². The van der Waals surface area contributed by atoms with Crippen molar-refractivity contribution >= 4 is 11.6 Å². The average molecular weight is 256 g/mol. The summed E-state index contributed by atoms with van der Waals surface area (Å²) < 4.78 is 2.22. The maximum atomic E-state index is 5.94. The van der Waals surface area contributed by atoms with Gasteiger partial charge in [0.15, 0.2) is 0 Å². The zero-order valence-corrected chi connectivity index (χ0v) is 11.8. The molecule has 0 N–H and O–H groups in total. The lowest BCUT2D eigenvalue weighted by Gasteiger charge is -2.25. The Morgan fingerprint density at radius 1 is 1.18 bits per heavy atom. The lowest BCUT2D eigenvalue weighted by atomic mass is 10.0. The lowest BCUT2D eigenvalue weighted by Crippen LogP contribution is -2.26. The van der Waals surface area contributed by atoms with E-state index in [0.29, 0.717) is 5.88 Å². The van der Waals surface area contributed by atoms with Crippen LogP contribution < -0.4 is 0 Å². The fraction of sp³-hybridized carbons (Fsp3) is 0.846. The van der Waals surface area contributed by atoms with Crippen molar-refractivity contribution in [2.45, 2.75) is 64.3 Å². The lowest BCUT2D eigenvalue weighted by molar-refractivity contribution is 0.362. The maximum Gasteiger partial charge on any atom is 0.148 e. The summed E-state index contributed by atoms with van der Waals surface area (Å²) >= 11 is 5.94. The summed E-state index contributed by atoms with van der Waals surface area (Å²) in [7, 11) is 0. The van der Waals surface area contributed by atoms with E-state index in [9.17, 15) is 0 Å². The molecule has 2 rings (SSSR count). The van der Waals surface area contributed by atoms with E-state index in [-0.39, 0.29) is 5.54 Å². The van der Waals surface area contributed by atoms with Crippen LogP contribution in [0.1, 0.15) is 58.1 Å². The molecule has 0 aromatic carbocycles. The topological polar surface area (TPSA) is 30.7 Å². The second-order valence-electron chi connectivity index (χ2n) is 6.03. The predicted octanol–water partition coefficient (Wildman–Crippen LogP) is 3.50. The molecule has 17 heavy (non-hydrogen) atoms. The van der Waals surface area contributed by atoms with E-state index in [0.717, 1.165) is 24.0 Å². The van der Waals surface area contributed by atoms with Gasteiger partial charge in [0, 0.05) is 12.0 Å². The minimum Gasteiger partial charge on any atom is -0.309 e. The van der Waals surface area contributed by atoms with Crippen LogP contribution in [0.4, 0.5) is 0 Å². The first kappa shape index (κ1) is 12.9. The van der Waals surface area contributed by atoms with Crippen molar-refractivity contribution in [2.75, 3.05) is 0 Å². The second kappa shape index (κ2) is 4.97. The van der Waals surface area contributed by atoms with Crippen LogP contribution in [-0.4, -0.2) is 14.8 Å². The second-order valence-corrected chi connectivity index (χ2v) is 6.29. The van der Waals surface area contributed by atoms with Gasteiger partial charge in [-0.2, -0.15) is 0 Å². The van der Waals surface area contributed by atoms with Gasteiger partial charge < -0.3 is 4.57 Å². The van der Waals surface area contributed by atoms with Crippen LogP contribution >= 0.6 is 11.6 Å². The highest BCUT2D eigenvalue weighted by molar-refractivity contribution is 6.16. The molecule has 0 radical (unpaired) electrons. The van der Waals surface area contributed by atoms with Crippen LogP contribution in [0, 0.1) is 5.92 Å². The van der Waals surface area contributed by atoms with Gasteiger partial charge >= 0.3 is 0 Å². The minimum absolute atomic E-state index is 0.0155. The van der Waals surface area contributed by atoms with Crippen molar-refractivity contribution in [3.05, 3.63) is 11.6 Å². The standard InChI is InChI=1S/C13H22ClN3/c1-13(2,3)17-11(15-16-12(17)9-14)8-10-6-4-5-7-10/h10H,4-9H2,1-3H3. The molecule has 4 heteroatoms. The van der Waals surface area contributed by atoms with E-state index in [2.05, 4.69) is 35.5 Å². The van der Waals surface area contributed by atoms with Gasteiger partial charge in [-0.15, -0.1) is 21.8 Å². The van der Waals surface area contributed by atoms with Gasteiger partial charge in [-0.05, 0) is 26.7 Å². The summed E-state index contributed by atoms with van der Waals surface area (Å²) in [6.45, 7) is 6.56. The fourth-order valence-corrected chi connectivity index (χ4v) is 2.99. The molecule has 1 aromatic rings. The Morgan fingerprint density at radius 3 is 2.29 bits per heavy atom. The number of rotatable bonds is 3. The smallest absolute Gasteiger partial charge is 0.148 e. The SMILES string of the molecule is CC(C)(C)n1c(CCl)nnc1CC1CCCC1. The van der Waals surface area contributed by atoms with Gasteiger partial charge in [-0.3, -0.25) is 0 Å². The quantitative estimate of drug-likeness (QED) is 0.774. The summed E-state index contributed by atoms with van der Waals surface area (Å²) in [5, 5.41) is 8.57. The molecule has 1 aliphatic rings. The molecular weight excluding hydrogens is 234 g/mol. The van der Waals surface area contributed by atoms with E-state index >= 15 is 0 Å². The molecule has 0 bridgehead atoms. The molecule has 1 heterocycles. The highest BCUT2D eigenvalue weighted by Gasteiger charge is 2.25. The Bertz CT molecular complexity index is 373. The summed E-state index contributed by atoms with van der Waals surface area (Å²) in [4.78, 5) is 0. The highest BCUT2D eigenvalue weighted by Crippen LogP contribution is 2.29. The third-order valence-electron chi connectivity index (χ3n) is 3.53. The van der Waals surface area contributed by atoms with Crippen LogP contribution in [-0.2, 0) is 17.8 Å². The summed E-state index contributed by atoms with van der Waals surface area (Å²) in [5.41, 5.74) is 0.0155. The molecule has 0 aliphatic heterocycles. The summed E-state index contributed by atoms with van der Waals surface area (Å²) in [6.07, 6.45) is 6.48. The van der Waals surface area contributed by atoms with Gasteiger partial charge in [0.1, 0.15) is 11.6 Å². The zero-order chi connectivity index (χ0) is 12.5. The molecule has 0 atom stereocenters. The number of hydrogen-bond acceptors (Lipinski definition) is 2. The number of alkyl halides is 1. The van der Waals surface area contributed by atoms with E-state index in [1.54, 1.807) is 0 Å². The molecule has 1 aliphatic carbocycles. The van der Waals surface area contributed by atoms with E-state index in [1.165, 1.54) is 25.7 Å². The molecule has 1 saturated carbocycles. The zero-order valence-electron chi connectivity index (χ0n) is 11.0. The van der Waals surface area contributed by atoms with Crippen LogP contribution in [0.5, 0.6) is 0 Å². The number of aromatic nitrogens is 3. The molecule has 0 unspecified atom stereocenters. The van der Waals surface area contributed by atoms with Gasteiger partial charge in [-0.1, -0.05) is 25.7 Å². The molecule has 1 aromatic heterocycles. The summed E-state index contributed by atoms with van der Waals surface area (Å²) in [6, 6.07) is 0. The van der Waals surface area contributed by atoms with Crippen molar-refractivity contribution in [2.24, 2.45) is 5.92 Å². The Balaban J connectivity index is 2.23. The third-order valence-corrected chi connectivity index (χ3v) is 3.77. The molecule has 1 fully saturated rings. The first-order chi connectivity index (χ1) is 8.02. The number of hydrogen-bond donors (Lipinski definition) is 0. The van der Waals surface area contributed by atoms with Crippen LogP contribution in [0.2, 0.25) is 0 Å². The molecule has 0 amide bonds. The number of halogens is 1. The van der Waals surface area contributed by atoms with Crippen molar-refractivity contribution in [1.29, 1.82) is 0 Å². The Hall–Kier alpha value is -0.570. The molecule has 0 saturated heterocycles. The Kier molecular flexibility index (Phi) is 3.76. The van der Waals surface area contributed by atoms with E-state index in [1.807, 2.05) is 0 Å². The van der Waals surface area contributed by atoms with Gasteiger partial charge in [0.25, 0.3) is 0 Å². The third kappa shape index (κ3) is 2.82. The van der Waals surface area contributed by atoms with Crippen LogP contribution in [0.15, 0.2) is 0 Å².